The van der Waals surface area contributed by atoms with Gasteiger partial charge in [-0.25, -0.2) is 0 Å². The molecule has 2 aromatic heterocycles. The van der Waals surface area contributed by atoms with Gasteiger partial charge in [-0.1, -0.05) is 176 Å². The molecule has 0 aliphatic rings. The van der Waals surface area contributed by atoms with Crippen LogP contribution in [0.5, 0.6) is 0 Å². The van der Waals surface area contributed by atoms with Crippen molar-refractivity contribution in [2.75, 3.05) is 0 Å². The molecule has 0 amide bonds. The average molecular weight is 689 g/mol. The molecule has 0 atom stereocenters. The summed E-state index contributed by atoms with van der Waals surface area (Å²) in [5.74, 6) is 0.841. The minimum atomic E-state index is 0.804. The Labute approximate surface area is 312 Å². The Morgan fingerprint density at radius 1 is 0.259 bits per heavy atom. The van der Waals surface area contributed by atoms with Gasteiger partial charge in [-0.2, -0.15) is 0 Å². The third-order valence-corrected chi connectivity index (χ3v) is 10.9. The molecule has 11 rings (SSSR count). The molecule has 0 aliphatic carbocycles. The minimum absolute atomic E-state index is 0.804. The maximum atomic E-state index is 6.96. The van der Waals surface area contributed by atoms with Crippen LogP contribution in [0.1, 0.15) is 0 Å². The predicted octanol–water partition coefficient (Wildman–Crippen LogP) is 15.0. The van der Waals surface area contributed by atoms with E-state index in [1.54, 1.807) is 0 Å². The summed E-state index contributed by atoms with van der Waals surface area (Å²) in [6, 6.07) is 68.9. The van der Waals surface area contributed by atoms with Gasteiger partial charge in [-0.05, 0) is 78.7 Å². The first-order valence-corrected chi connectivity index (χ1v) is 18.4. The van der Waals surface area contributed by atoms with E-state index in [1.807, 2.05) is 6.07 Å². The van der Waals surface area contributed by atoms with E-state index in [4.69, 9.17) is 8.83 Å². The Morgan fingerprint density at radius 2 is 0.741 bits per heavy atom. The summed E-state index contributed by atoms with van der Waals surface area (Å²) in [5, 5.41) is 8.00. The summed E-state index contributed by atoms with van der Waals surface area (Å²) in [5.41, 5.74) is 12.9. The van der Waals surface area contributed by atoms with E-state index in [0.717, 1.165) is 60.9 Å². The first kappa shape index (κ1) is 30.5. The van der Waals surface area contributed by atoms with Gasteiger partial charge in [0.15, 0.2) is 0 Å². The summed E-state index contributed by atoms with van der Waals surface area (Å²) >= 11 is 0. The fraction of sp³-hybridized carbons (Fsp3) is 0. The molecule has 54 heavy (non-hydrogen) atoms. The van der Waals surface area contributed by atoms with E-state index in [0.29, 0.717) is 0 Å². The van der Waals surface area contributed by atoms with E-state index in [-0.39, 0.29) is 0 Å². The second-order valence-corrected chi connectivity index (χ2v) is 13.9. The Balaban J connectivity index is 1.24. The molecule has 2 nitrogen and oxygen atoms in total. The number of furan rings is 2. The lowest BCUT2D eigenvalue weighted by molar-refractivity contribution is 0.631. The quantitative estimate of drug-likeness (QED) is 0.168. The van der Waals surface area contributed by atoms with Crippen LogP contribution in [0, 0.1) is 0 Å². The van der Waals surface area contributed by atoms with Gasteiger partial charge >= 0.3 is 0 Å². The average Bonchev–Trinajstić information content (AvgIpc) is 3.83. The third-order valence-electron chi connectivity index (χ3n) is 10.9. The highest BCUT2D eigenvalue weighted by Crippen LogP contribution is 2.50. The molecular weight excluding hydrogens is 657 g/mol. The van der Waals surface area contributed by atoms with Gasteiger partial charge in [-0.3, -0.25) is 0 Å². The maximum absolute atomic E-state index is 6.96. The molecule has 0 N–H and O–H groups in total. The fourth-order valence-electron chi connectivity index (χ4n) is 8.63. The number of benzene rings is 9. The lowest BCUT2D eigenvalue weighted by Crippen LogP contribution is -1.93. The Bertz CT molecular complexity index is 3130. The monoisotopic (exact) mass is 688 g/mol. The van der Waals surface area contributed by atoms with Crippen molar-refractivity contribution in [1.82, 2.24) is 0 Å². The second kappa shape index (κ2) is 12.2. The van der Waals surface area contributed by atoms with Crippen molar-refractivity contribution in [2.45, 2.75) is 0 Å². The van der Waals surface area contributed by atoms with Gasteiger partial charge in [0.2, 0.25) is 0 Å². The van der Waals surface area contributed by atoms with Crippen molar-refractivity contribution < 1.29 is 8.83 Å². The van der Waals surface area contributed by atoms with Crippen molar-refractivity contribution >= 4 is 54.5 Å². The van der Waals surface area contributed by atoms with E-state index >= 15 is 0 Å². The predicted molar refractivity (Wildman–Crippen MR) is 226 cm³/mol. The molecule has 9 aromatic carbocycles. The van der Waals surface area contributed by atoms with Crippen LogP contribution in [0.4, 0.5) is 0 Å². The SMILES string of the molecule is c1ccc(-c2ccccc2-c2c3ccccc3c(-c3cccc4oc5c(ccc6oc(-c7ccccc7)c(-c7ccccc7)c65)c34)c3ccccc23)cc1. The largest absolute Gasteiger partial charge is 0.455 e. The van der Waals surface area contributed by atoms with Crippen LogP contribution in [0.3, 0.4) is 0 Å². The number of hydrogen-bond donors (Lipinski definition) is 0. The molecule has 2 heterocycles. The first-order chi connectivity index (χ1) is 26.8. The first-order valence-electron chi connectivity index (χ1n) is 18.4. The van der Waals surface area contributed by atoms with E-state index in [9.17, 15) is 0 Å². The lowest BCUT2D eigenvalue weighted by atomic mass is 9.83. The molecule has 0 saturated carbocycles. The Kier molecular flexibility index (Phi) is 6.90. The minimum Gasteiger partial charge on any atom is -0.455 e. The maximum Gasteiger partial charge on any atom is 0.147 e. The van der Waals surface area contributed by atoms with Gasteiger partial charge in [-0.15, -0.1) is 0 Å². The number of fused-ring (bicyclic) bond motifs is 7. The fourth-order valence-corrected chi connectivity index (χ4v) is 8.63. The van der Waals surface area contributed by atoms with E-state index in [1.165, 1.54) is 49.4 Å². The molecule has 0 spiro atoms. The van der Waals surface area contributed by atoms with Gasteiger partial charge in [0.1, 0.15) is 22.5 Å². The van der Waals surface area contributed by atoms with Crippen LogP contribution < -0.4 is 0 Å². The van der Waals surface area contributed by atoms with Crippen molar-refractivity contribution in [1.29, 1.82) is 0 Å². The molecule has 0 radical (unpaired) electrons. The zero-order valence-corrected chi connectivity index (χ0v) is 29.3. The van der Waals surface area contributed by atoms with Crippen LogP contribution >= 0.6 is 0 Å². The summed E-state index contributed by atoms with van der Waals surface area (Å²) in [4.78, 5) is 0. The topological polar surface area (TPSA) is 26.3 Å². The second-order valence-electron chi connectivity index (χ2n) is 13.9. The van der Waals surface area contributed by atoms with Crippen molar-refractivity contribution in [2.24, 2.45) is 0 Å². The standard InChI is InChI=1S/C52H32O2/c1-4-17-33(18-5-1)36-23-10-11-24-37(36)47-38-25-12-14-27-40(38)48(41-28-15-13-26-39(41)47)42-29-16-30-44-49(42)43-31-32-45-50(52(43)54-44)46(34-19-6-2-7-20-34)51(53-45)35-21-8-3-9-22-35/h1-32H. The molecule has 0 unspecified atom stereocenters. The van der Waals surface area contributed by atoms with Crippen LogP contribution in [0.2, 0.25) is 0 Å². The highest BCUT2D eigenvalue weighted by atomic mass is 16.3. The van der Waals surface area contributed by atoms with Gasteiger partial charge in [0, 0.05) is 21.9 Å². The highest BCUT2D eigenvalue weighted by molar-refractivity contribution is 6.28. The molecule has 11 aromatic rings. The number of hydrogen-bond acceptors (Lipinski definition) is 2. The zero-order valence-electron chi connectivity index (χ0n) is 29.3. The summed E-state index contributed by atoms with van der Waals surface area (Å²) in [7, 11) is 0. The zero-order chi connectivity index (χ0) is 35.6. The van der Waals surface area contributed by atoms with Gasteiger partial charge < -0.3 is 8.83 Å². The molecule has 0 bridgehead atoms. The van der Waals surface area contributed by atoms with Crippen molar-refractivity contribution in [3.63, 3.8) is 0 Å². The number of rotatable bonds is 5. The van der Waals surface area contributed by atoms with Gasteiger partial charge in [0.05, 0.1) is 5.39 Å². The summed E-state index contributed by atoms with van der Waals surface area (Å²) in [6.45, 7) is 0. The highest BCUT2D eigenvalue weighted by Gasteiger charge is 2.25. The smallest absolute Gasteiger partial charge is 0.147 e. The van der Waals surface area contributed by atoms with Crippen LogP contribution in [-0.2, 0) is 0 Å². The van der Waals surface area contributed by atoms with Crippen molar-refractivity contribution in [3.05, 3.63) is 194 Å². The van der Waals surface area contributed by atoms with Crippen molar-refractivity contribution in [3.8, 4) is 55.8 Å². The van der Waals surface area contributed by atoms with Crippen LogP contribution in [-0.4, -0.2) is 0 Å². The summed E-state index contributed by atoms with van der Waals surface area (Å²) in [6.07, 6.45) is 0. The molecule has 2 heteroatoms. The van der Waals surface area contributed by atoms with E-state index < -0.39 is 0 Å². The normalized spacial score (nSPS) is 11.7. The lowest BCUT2D eigenvalue weighted by Gasteiger charge is -2.20. The molecule has 0 saturated heterocycles. The summed E-state index contributed by atoms with van der Waals surface area (Å²) < 4.78 is 13.7. The Hall–Kier alpha value is -7.16. The third kappa shape index (κ3) is 4.60. The molecular formula is C52H32O2. The molecule has 0 fully saturated rings. The van der Waals surface area contributed by atoms with Gasteiger partial charge in [0.25, 0.3) is 0 Å². The molecule has 0 aliphatic heterocycles. The molecule has 252 valence electrons. The van der Waals surface area contributed by atoms with Crippen LogP contribution in [0.25, 0.3) is 110 Å². The Morgan fingerprint density at radius 3 is 1.37 bits per heavy atom. The van der Waals surface area contributed by atoms with E-state index in [2.05, 4.69) is 188 Å². The van der Waals surface area contributed by atoms with Crippen LogP contribution in [0.15, 0.2) is 203 Å².